The van der Waals surface area contributed by atoms with Crippen molar-refractivity contribution in [2.45, 2.75) is 6.61 Å². The monoisotopic (exact) mass is 268 g/mol. The van der Waals surface area contributed by atoms with Crippen LogP contribution in [0.25, 0.3) is 0 Å². The number of benzene rings is 1. The second-order valence-electron chi connectivity index (χ2n) is 3.41. The van der Waals surface area contributed by atoms with Crippen molar-refractivity contribution in [3.63, 3.8) is 0 Å². The Bertz CT molecular complexity index is 532. The van der Waals surface area contributed by atoms with Gasteiger partial charge in [0.15, 0.2) is 11.6 Å². The van der Waals surface area contributed by atoms with Crippen LogP contribution in [0.2, 0.25) is 10.0 Å². The highest BCUT2D eigenvalue weighted by molar-refractivity contribution is 6.35. The lowest BCUT2D eigenvalue weighted by molar-refractivity contribution is 0.307. The van der Waals surface area contributed by atoms with Crippen LogP contribution in [0.3, 0.4) is 0 Å². The maximum atomic E-state index is 6.02. The van der Waals surface area contributed by atoms with Gasteiger partial charge in [0.2, 0.25) is 0 Å². The number of nitrogens with two attached hydrogens (primary N) is 1. The SMILES string of the molecule is Nc1ncccc1OCc1ccc(Cl)cc1Cl. The fourth-order valence-corrected chi connectivity index (χ4v) is 1.78. The average Bonchev–Trinajstić information content (AvgIpc) is 2.30. The first-order valence-electron chi connectivity index (χ1n) is 4.94. The lowest BCUT2D eigenvalue weighted by atomic mass is 10.2. The van der Waals surface area contributed by atoms with Crippen molar-refractivity contribution < 1.29 is 4.74 Å². The molecular weight excluding hydrogens is 259 g/mol. The summed E-state index contributed by atoms with van der Waals surface area (Å²) in [6.07, 6.45) is 1.61. The van der Waals surface area contributed by atoms with E-state index in [1.807, 2.05) is 6.07 Å². The smallest absolute Gasteiger partial charge is 0.166 e. The molecule has 0 spiro atoms. The standard InChI is InChI=1S/C12H10Cl2N2O/c13-9-4-3-8(10(14)6-9)7-17-11-2-1-5-16-12(11)15/h1-6H,7H2,(H2,15,16). The molecule has 0 radical (unpaired) electrons. The van der Waals surface area contributed by atoms with Crippen LogP contribution in [0.15, 0.2) is 36.5 Å². The largest absolute Gasteiger partial charge is 0.485 e. The van der Waals surface area contributed by atoms with Crippen LogP contribution in [-0.2, 0) is 6.61 Å². The molecule has 2 rings (SSSR count). The Labute approximate surface area is 109 Å². The van der Waals surface area contributed by atoms with E-state index in [9.17, 15) is 0 Å². The van der Waals surface area contributed by atoms with Gasteiger partial charge < -0.3 is 10.5 Å². The fourth-order valence-electron chi connectivity index (χ4n) is 1.32. The zero-order valence-electron chi connectivity index (χ0n) is 8.86. The molecule has 0 aliphatic heterocycles. The molecule has 17 heavy (non-hydrogen) atoms. The number of pyridine rings is 1. The third-order valence-electron chi connectivity index (χ3n) is 2.20. The first kappa shape index (κ1) is 12.0. The highest BCUT2D eigenvalue weighted by Gasteiger charge is 2.04. The van der Waals surface area contributed by atoms with E-state index in [1.165, 1.54) is 0 Å². The zero-order valence-corrected chi connectivity index (χ0v) is 10.4. The Morgan fingerprint density at radius 2 is 2.06 bits per heavy atom. The predicted molar refractivity (Wildman–Crippen MR) is 69.4 cm³/mol. The van der Waals surface area contributed by atoms with Gasteiger partial charge in [0.25, 0.3) is 0 Å². The highest BCUT2D eigenvalue weighted by Crippen LogP contribution is 2.24. The number of halogens is 2. The summed E-state index contributed by atoms with van der Waals surface area (Å²) in [5.74, 6) is 0.899. The second-order valence-corrected chi connectivity index (χ2v) is 4.25. The molecule has 0 aliphatic rings. The van der Waals surface area contributed by atoms with Crippen molar-refractivity contribution in [2.24, 2.45) is 0 Å². The summed E-state index contributed by atoms with van der Waals surface area (Å²) in [6, 6.07) is 8.77. The molecule has 1 aromatic carbocycles. The Hall–Kier alpha value is -1.45. The summed E-state index contributed by atoms with van der Waals surface area (Å²) in [7, 11) is 0. The zero-order chi connectivity index (χ0) is 12.3. The third kappa shape index (κ3) is 3.02. The predicted octanol–water partition coefficient (Wildman–Crippen LogP) is 3.55. The van der Waals surface area contributed by atoms with E-state index in [0.717, 1.165) is 5.56 Å². The Morgan fingerprint density at radius 1 is 1.24 bits per heavy atom. The van der Waals surface area contributed by atoms with E-state index in [1.54, 1.807) is 30.5 Å². The Kier molecular flexibility index (Phi) is 3.71. The lowest BCUT2D eigenvalue weighted by Crippen LogP contribution is -2.00. The van der Waals surface area contributed by atoms with Crippen molar-refractivity contribution in [2.75, 3.05) is 5.73 Å². The number of nitrogen functional groups attached to an aromatic ring is 1. The molecule has 0 bridgehead atoms. The maximum absolute atomic E-state index is 6.02. The van der Waals surface area contributed by atoms with Gasteiger partial charge in [0.1, 0.15) is 6.61 Å². The minimum Gasteiger partial charge on any atom is -0.485 e. The van der Waals surface area contributed by atoms with Gasteiger partial charge in [-0.1, -0.05) is 29.3 Å². The van der Waals surface area contributed by atoms with Gasteiger partial charge in [-0.2, -0.15) is 0 Å². The quantitative estimate of drug-likeness (QED) is 0.926. The van der Waals surface area contributed by atoms with E-state index >= 15 is 0 Å². The van der Waals surface area contributed by atoms with Gasteiger partial charge in [-0.25, -0.2) is 4.98 Å². The molecule has 1 heterocycles. The highest BCUT2D eigenvalue weighted by atomic mass is 35.5. The van der Waals surface area contributed by atoms with E-state index < -0.39 is 0 Å². The van der Waals surface area contributed by atoms with Crippen LogP contribution in [0.1, 0.15) is 5.56 Å². The molecule has 0 aliphatic carbocycles. The van der Waals surface area contributed by atoms with Crippen LogP contribution in [-0.4, -0.2) is 4.98 Å². The van der Waals surface area contributed by atoms with Gasteiger partial charge in [-0.3, -0.25) is 0 Å². The van der Waals surface area contributed by atoms with E-state index in [-0.39, 0.29) is 0 Å². The van der Waals surface area contributed by atoms with Gasteiger partial charge in [0.05, 0.1) is 0 Å². The van der Waals surface area contributed by atoms with E-state index in [2.05, 4.69) is 4.98 Å². The number of hydrogen-bond donors (Lipinski definition) is 1. The summed E-state index contributed by atoms with van der Waals surface area (Å²) in [5, 5.41) is 1.17. The molecule has 1 aromatic heterocycles. The Balaban J connectivity index is 2.10. The molecule has 2 N–H and O–H groups in total. The van der Waals surface area contributed by atoms with Crippen LogP contribution < -0.4 is 10.5 Å². The summed E-state index contributed by atoms with van der Waals surface area (Å²) < 4.78 is 5.53. The van der Waals surface area contributed by atoms with Gasteiger partial charge >= 0.3 is 0 Å². The summed E-state index contributed by atoms with van der Waals surface area (Å²) >= 11 is 11.8. The van der Waals surface area contributed by atoms with Crippen LogP contribution in [0.4, 0.5) is 5.82 Å². The van der Waals surface area contributed by atoms with Gasteiger partial charge in [-0.15, -0.1) is 0 Å². The summed E-state index contributed by atoms with van der Waals surface area (Å²) in [4.78, 5) is 3.93. The number of nitrogens with zero attached hydrogens (tertiary/aromatic N) is 1. The number of ether oxygens (including phenoxy) is 1. The molecule has 0 unspecified atom stereocenters. The second kappa shape index (κ2) is 5.25. The minimum atomic E-state index is 0.325. The molecule has 0 fully saturated rings. The fraction of sp³-hybridized carbons (Fsp3) is 0.0833. The molecule has 88 valence electrons. The molecule has 3 nitrogen and oxygen atoms in total. The number of hydrogen-bond acceptors (Lipinski definition) is 3. The Morgan fingerprint density at radius 3 is 2.76 bits per heavy atom. The van der Waals surface area contributed by atoms with Crippen molar-refractivity contribution >= 4 is 29.0 Å². The minimum absolute atomic E-state index is 0.325. The van der Waals surface area contributed by atoms with Gasteiger partial charge in [0, 0.05) is 21.8 Å². The van der Waals surface area contributed by atoms with Crippen molar-refractivity contribution in [3.8, 4) is 5.75 Å². The van der Waals surface area contributed by atoms with Crippen molar-refractivity contribution in [3.05, 3.63) is 52.1 Å². The van der Waals surface area contributed by atoms with Crippen molar-refractivity contribution in [1.29, 1.82) is 0 Å². The number of rotatable bonds is 3. The van der Waals surface area contributed by atoms with Crippen LogP contribution >= 0.6 is 23.2 Å². The van der Waals surface area contributed by atoms with Crippen molar-refractivity contribution in [1.82, 2.24) is 4.98 Å². The molecule has 0 saturated carbocycles. The number of aromatic nitrogens is 1. The molecule has 0 amide bonds. The molecule has 2 aromatic rings. The summed E-state index contributed by atoms with van der Waals surface area (Å²) in [5.41, 5.74) is 6.50. The first-order chi connectivity index (χ1) is 8.16. The molecule has 0 saturated heterocycles. The molecular formula is C12H10Cl2N2O. The topological polar surface area (TPSA) is 48.1 Å². The van der Waals surface area contributed by atoms with Crippen LogP contribution in [0.5, 0.6) is 5.75 Å². The normalized spacial score (nSPS) is 10.2. The third-order valence-corrected chi connectivity index (χ3v) is 2.78. The van der Waals surface area contributed by atoms with E-state index in [4.69, 9.17) is 33.7 Å². The lowest BCUT2D eigenvalue weighted by Gasteiger charge is -2.09. The van der Waals surface area contributed by atoms with E-state index in [0.29, 0.717) is 28.2 Å². The molecule has 0 atom stereocenters. The maximum Gasteiger partial charge on any atom is 0.166 e. The summed E-state index contributed by atoms with van der Waals surface area (Å²) in [6.45, 7) is 0.325. The first-order valence-corrected chi connectivity index (χ1v) is 5.69. The van der Waals surface area contributed by atoms with Crippen LogP contribution in [0, 0.1) is 0 Å². The average molecular weight is 269 g/mol. The van der Waals surface area contributed by atoms with Gasteiger partial charge in [-0.05, 0) is 24.3 Å². The molecule has 5 heteroatoms. The number of anilines is 1.